The van der Waals surface area contributed by atoms with Crippen LogP contribution in [0.25, 0.3) is 0 Å². The van der Waals surface area contributed by atoms with E-state index in [9.17, 15) is 5.11 Å². The molecular weight excluding hydrogens is 314 g/mol. The number of hydrogen-bond donors (Lipinski definition) is 2. The molecule has 1 fully saturated rings. The van der Waals surface area contributed by atoms with Gasteiger partial charge in [0.05, 0.1) is 5.60 Å². The van der Waals surface area contributed by atoms with Crippen LogP contribution in [0.15, 0.2) is 28.7 Å². The van der Waals surface area contributed by atoms with E-state index in [0.717, 1.165) is 28.8 Å². The van der Waals surface area contributed by atoms with Crippen molar-refractivity contribution in [3.63, 3.8) is 0 Å². The summed E-state index contributed by atoms with van der Waals surface area (Å²) in [5.41, 5.74) is 5.99. The largest absolute Gasteiger partial charge is 0.385 e. The fourth-order valence-electron chi connectivity index (χ4n) is 3.67. The molecule has 1 saturated carbocycles. The molecule has 0 spiro atoms. The molecule has 0 aromatic heterocycles. The Morgan fingerprint density at radius 1 is 1.35 bits per heavy atom. The van der Waals surface area contributed by atoms with Gasteiger partial charge in [0.15, 0.2) is 0 Å². The van der Waals surface area contributed by atoms with E-state index >= 15 is 0 Å². The normalized spacial score (nSPS) is 29.9. The zero-order valence-electron chi connectivity index (χ0n) is 12.5. The third-order valence-electron chi connectivity index (χ3n) is 5.46. The van der Waals surface area contributed by atoms with Crippen molar-refractivity contribution in [3.05, 3.63) is 34.3 Å². The minimum atomic E-state index is -0.888. The first-order valence-electron chi connectivity index (χ1n) is 7.64. The van der Waals surface area contributed by atoms with E-state index in [1.54, 1.807) is 0 Å². The third kappa shape index (κ3) is 2.68. The highest BCUT2D eigenvalue weighted by Crippen LogP contribution is 2.51. The van der Waals surface area contributed by atoms with Crippen molar-refractivity contribution in [2.45, 2.75) is 51.6 Å². The number of aliphatic hydroxyl groups is 1. The summed E-state index contributed by atoms with van der Waals surface area (Å²) in [5.74, 6) is 0.796. The molecule has 2 nitrogen and oxygen atoms in total. The highest BCUT2D eigenvalue weighted by atomic mass is 79.9. The molecule has 0 aliphatic heterocycles. The minimum absolute atomic E-state index is 0.206. The lowest BCUT2D eigenvalue weighted by Crippen LogP contribution is -2.50. The predicted octanol–water partition coefficient (Wildman–Crippen LogP) is 4.20. The van der Waals surface area contributed by atoms with Crippen LogP contribution in [-0.4, -0.2) is 11.7 Å². The Hall–Kier alpha value is -0.380. The summed E-state index contributed by atoms with van der Waals surface area (Å²) in [7, 11) is 0. The number of hydrogen-bond acceptors (Lipinski definition) is 2. The lowest BCUT2D eigenvalue weighted by atomic mass is 9.59. The molecule has 0 amide bonds. The van der Waals surface area contributed by atoms with Crippen molar-refractivity contribution in [2.24, 2.45) is 17.1 Å². The molecule has 1 aromatic carbocycles. The second-order valence-electron chi connectivity index (χ2n) is 6.39. The molecule has 1 aliphatic rings. The number of halogens is 1. The van der Waals surface area contributed by atoms with Gasteiger partial charge in [-0.15, -0.1) is 0 Å². The molecule has 0 bridgehead atoms. The van der Waals surface area contributed by atoms with Crippen molar-refractivity contribution < 1.29 is 5.11 Å². The van der Waals surface area contributed by atoms with Gasteiger partial charge >= 0.3 is 0 Å². The SMILES string of the molecule is CCC1CCC(CN)(C(C)(O)c2ccccc2Br)CC1. The van der Waals surface area contributed by atoms with Crippen LogP contribution in [0.4, 0.5) is 0 Å². The zero-order chi connectivity index (χ0) is 14.8. The van der Waals surface area contributed by atoms with Crippen molar-refractivity contribution in [2.75, 3.05) is 6.54 Å². The Balaban J connectivity index is 2.33. The molecule has 1 unspecified atom stereocenters. The highest BCUT2D eigenvalue weighted by Gasteiger charge is 2.49. The Labute approximate surface area is 130 Å². The maximum Gasteiger partial charge on any atom is 0.0947 e. The van der Waals surface area contributed by atoms with E-state index < -0.39 is 5.60 Å². The van der Waals surface area contributed by atoms with E-state index in [2.05, 4.69) is 22.9 Å². The lowest BCUT2D eigenvalue weighted by molar-refractivity contribution is -0.0986. The minimum Gasteiger partial charge on any atom is -0.385 e. The van der Waals surface area contributed by atoms with Crippen molar-refractivity contribution >= 4 is 15.9 Å². The summed E-state index contributed by atoms with van der Waals surface area (Å²) in [6.07, 6.45) is 5.60. The molecular formula is C17H26BrNO. The molecule has 1 atom stereocenters. The number of rotatable bonds is 4. The molecule has 0 saturated heterocycles. The van der Waals surface area contributed by atoms with E-state index in [-0.39, 0.29) is 5.41 Å². The van der Waals surface area contributed by atoms with Gasteiger partial charge in [-0.3, -0.25) is 0 Å². The molecule has 0 radical (unpaired) electrons. The first-order chi connectivity index (χ1) is 9.47. The van der Waals surface area contributed by atoms with Crippen LogP contribution in [0.2, 0.25) is 0 Å². The van der Waals surface area contributed by atoms with Gasteiger partial charge in [-0.1, -0.05) is 47.5 Å². The third-order valence-corrected chi connectivity index (χ3v) is 6.15. The summed E-state index contributed by atoms with van der Waals surface area (Å²) in [5, 5.41) is 11.3. The van der Waals surface area contributed by atoms with E-state index in [4.69, 9.17) is 5.73 Å². The van der Waals surface area contributed by atoms with Gasteiger partial charge in [-0.25, -0.2) is 0 Å². The van der Waals surface area contributed by atoms with Gasteiger partial charge in [0.1, 0.15) is 0 Å². The van der Waals surface area contributed by atoms with Crippen LogP contribution in [0.5, 0.6) is 0 Å². The lowest BCUT2D eigenvalue weighted by Gasteiger charge is -2.49. The van der Waals surface area contributed by atoms with Crippen LogP contribution in [0.3, 0.4) is 0 Å². The Kier molecular flexibility index (Phi) is 4.93. The van der Waals surface area contributed by atoms with Gasteiger partial charge < -0.3 is 10.8 Å². The van der Waals surface area contributed by atoms with Gasteiger partial charge in [0.2, 0.25) is 0 Å². The van der Waals surface area contributed by atoms with Gasteiger partial charge in [0, 0.05) is 16.4 Å². The van der Waals surface area contributed by atoms with E-state index in [1.807, 2.05) is 31.2 Å². The first kappa shape index (κ1) is 16.0. The maximum atomic E-state index is 11.3. The van der Waals surface area contributed by atoms with E-state index in [1.165, 1.54) is 19.3 Å². The average molecular weight is 340 g/mol. The fourth-order valence-corrected chi connectivity index (χ4v) is 4.34. The molecule has 112 valence electrons. The molecule has 1 aliphatic carbocycles. The van der Waals surface area contributed by atoms with Crippen molar-refractivity contribution in [1.29, 1.82) is 0 Å². The van der Waals surface area contributed by atoms with E-state index in [0.29, 0.717) is 6.54 Å². The average Bonchev–Trinajstić information content (AvgIpc) is 2.47. The van der Waals surface area contributed by atoms with Crippen LogP contribution in [-0.2, 0) is 5.60 Å². The van der Waals surface area contributed by atoms with Gasteiger partial charge in [-0.2, -0.15) is 0 Å². The second kappa shape index (κ2) is 6.17. The maximum absolute atomic E-state index is 11.3. The Morgan fingerprint density at radius 2 is 1.95 bits per heavy atom. The Bertz CT molecular complexity index is 450. The van der Waals surface area contributed by atoms with Crippen LogP contribution >= 0.6 is 15.9 Å². The quantitative estimate of drug-likeness (QED) is 0.863. The summed E-state index contributed by atoms with van der Waals surface area (Å²) >= 11 is 3.58. The van der Waals surface area contributed by atoms with Crippen molar-refractivity contribution in [3.8, 4) is 0 Å². The smallest absolute Gasteiger partial charge is 0.0947 e. The van der Waals surface area contributed by atoms with Crippen LogP contribution in [0, 0.1) is 11.3 Å². The van der Waals surface area contributed by atoms with Gasteiger partial charge in [-0.05, 0) is 50.2 Å². The first-order valence-corrected chi connectivity index (χ1v) is 8.43. The summed E-state index contributed by atoms with van der Waals surface area (Å²) < 4.78 is 0.968. The Morgan fingerprint density at radius 3 is 2.45 bits per heavy atom. The molecule has 3 N–H and O–H groups in total. The summed E-state index contributed by atoms with van der Waals surface area (Å²) in [6.45, 7) is 4.73. The zero-order valence-corrected chi connectivity index (χ0v) is 14.1. The topological polar surface area (TPSA) is 46.2 Å². The molecule has 0 heterocycles. The standard InChI is InChI=1S/C17H26BrNO/c1-3-13-8-10-17(12-19,11-9-13)16(2,20)14-6-4-5-7-15(14)18/h4-7,13,20H,3,8-12,19H2,1-2H3. The van der Waals surface area contributed by atoms with Gasteiger partial charge in [0.25, 0.3) is 0 Å². The monoisotopic (exact) mass is 339 g/mol. The number of benzene rings is 1. The molecule has 20 heavy (non-hydrogen) atoms. The van der Waals surface area contributed by atoms with Crippen LogP contribution < -0.4 is 5.73 Å². The van der Waals surface area contributed by atoms with Crippen molar-refractivity contribution in [1.82, 2.24) is 0 Å². The predicted molar refractivity (Wildman–Crippen MR) is 87.4 cm³/mol. The molecule has 1 aromatic rings. The highest BCUT2D eigenvalue weighted by molar-refractivity contribution is 9.10. The summed E-state index contributed by atoms with van der Waals surface area (Å²) in [6, 6.07) is 7.96. The molecule has 2 rings (SSSR count). The fraction of sp³-hybridized carbons (Fsp3) is 0.647. The number of nitrogens with two attached hydrogens (primary N) is 1. The summed E-state index contributed by atoms with van der Waals surface area (Å²) in [4.78, 5) is 0. The molecule has 3 heteroatoms. The second-order valence-corrected chi connectivity index (χ2v) is 7.24. The van der Waals surface area contributed by atoms with Crippen LogP contribution in [0.1, 0.15) is 51.5 Å².